The average molecular weight is 266 g/mol. The number of rotatable bonds is 7. The van der Waals surface area contributed by atoms with Crippen molar-refractivity contribution in [1.29, 1.82) is 0 Å². The largest absolute Gasteiger partial charge is 0.308 e. The molecule has 0 radical (unpaired) electrons. The quantitative estimate of drug-likeness (QED) is 0.702. The number of nitrogens with one attached hydrogen (secondary N) is 1. The fraction of sp³-hybridized carbons (Fsp3) is 1.00. The molecule has 2 aliphatic rings. The molecule has 1 spiro atoms. The normalized spacial score (nSPS) is 27.2. The Kier molecular flexibility index (Phi) is 6.15. The molecular weight excluding hydrogens is 232 g/mol. The summed E-state index contributed by atoms with van der Waals surface area (Å²) in [6.45, 7) is 8.53. The van der Waals surface area contributed by atoms with Crippen LogP contribution in [0.5, 0.6) is 0 Å². The molecule has 2 rings (SSSR count). The van der Waals surface area contributed by atoms with Crippen LogP contribution in [-0.2, 0) is 0 Å². The Morgan fingerprint density at radius 1 is 1.05 bits per heavy atom. The van der Waals surface area contributed by atoms with E-state index >= 15 is 0 Å². The molecule has 1 N–H and O–H groups in total. The summed E-state index contributed by atoms with van der Waals surface area (Å²) in [5, 5.41) is 3.92. The summed E-state index contributed by atoms with van der Waals surface area (Å²) in [5.74, 6) is 0. The second kappa shape index (κ2) is 7.64. The van der Waals surface area contributed by atoms with Crippen molar-refractivity contribution >= 4 is 0 Å². The van der Waals surface area contributed by atoms with Crippen LogP contribution in [0.25, 0.3) is 0 Å². The first-order valence-electron chi connectivity index (χ1n) is 8.79. The lowest BCUT2D eigenvalue weighted by molar-refractivity contribution is 0.0738. The van der Waals surface area contributed by atoms with E-state index in [1.807, 2.05) is 0 Å². The maximum absolute atomic E-state index is 3.92. The van der Waals surface area contributed by atoms with E-state index in [1.165, 1.54) is 83.8 Å². The highest BCUT2D eigenvalue weighted by Gasteiger charge is 2.40. The summed E-state index contributed by atoms with van der Waals surface area (Å²) in [7, 11) is 0. The minimum absolute atomic E-state index is 0.495. The summed E-state index contributed by atoms with van der Waals surface area (Å²) < 4.78 is 0. The topological polar surface area (TPSA) is 15.3 Å². The predicted octanol–water partition coefficient (Wildman–Crippen LogP) is 3.95. The summed E-state index contributed by atoms with van der Waals surface area (Å²) in [4.78, 5) is 2.83. The zero-order valence-electron chi connectivity index (χ0n) is 13.2. The van der Waals surface area contributed by atoms with Gasteiger partial charge in [0.25, 0.3) is 0 Å². The molecule has 0 aromatic heterocycles. The smallest absolute Gasteiger partial charge is 0.0309 e. The van der Waals surface area contributed by atoms with Crippen LogP contribution in [0, 0.1) is 0 Å². The van der Waals surface area contributed by atoms with Gasteiger partial charge in [0.05, 0.1) is 0 Å². The van der Waals surface area contributed by atoms with E-state index in [2.05, 4.69) is 24.1 Å². The van der Waals surface area contributed by atoms with Gasteiger partial charge in [0.1, 0.15) is 0 Å². The second-order valence-electron chi connectivity index (χ2n) is 6.84. The highest BCUT2D eigenvalue weighted by Crippen LogP contribution is 2.33. The van der Waals surface area contributed by atoms with Crippen LogP contribution in [0.1, 0.15) is 78.1 Å². The Balaban J connectivity index is 1.84. The van der Waals surface area contributed by atoms with Crippen molar-refractivity contribution in [3.63, 3.8) is 0 Å². The molecule has 2 nitrogen and oxygen atoms in total. The van der Waals surface area contributed by atoms with Crippen LogP contribution in [0.3, 0.4) is 0 Å². The minimum atomic E-state index is 0.495. The molecule has 2 heteroatoms. The predicted molar refractivity (Wildman–Crippen MR) is 83.6 cm³/mol. The van der Waals surface area contributed by atoms with E-state index in [9.17, 15) is 0 Å². The molecule has 0 aromatic rings. The van der Waals surface area contributed by atoms with Crippen molar-refractivity contribution < 1.29 is 0 Å². The fourth-order valence-electron chi connectivity index (χ4n) is 4.05. The van der Waals surface area contributed by atoms with Gasteiger partial charge in [-0.3, -0.25) is 4.90 Å². The molecule has 19 heavy (non-hydrogen) atoms. The van der Waals surface area contributed by atoms with Gasteiger partial charge < -0.3 is 5.32 Å². The third kappa shape index (κ3) is 4.19. The molecule has 0 bridgehead atoms. The van der Waals surface area contributed by atoms with Crippen LogP contribution in [0.4, 0.5) is 0 Å². The van der Waals surface area contributed by atoms with Crippen LogP contribution >= 0.6 is 0 Å². The van der Waals surface area contributed by atoms with Crippen molar-refractivity contribution in [3.05, 3.63) is 0 Å². The maximum Gasteiger partial charge on any atom is 0.0309 e. The Morgan fingerprint density at radius 3 is 2.53 bits per heavy atom. The molecular formula is C17H34N2. The molecule has 1 unspecified atom stereocenters. The third-order valence-corrected chi connectivity index (χ3v) is 5.22. The molecule has 0 amide bonds. The summed E-state index contributed by atoms with van der Waals surface area (Å²) >= 11 is 0. The van der Waals surface area contributed by atoms with Gasteiger partial charge in [-0.25, -0.2) is 0 Å². The van der Waals surface area contributed by atoms with Crippen LogP contribution < -0.4 is 5.32 Å². The number of hydrogen-bond acceptors (Lipinski definition) is 2. The summed E-state index contributed by atoms with van der Waals surface area (Å²) in [6, 6.07) is 0.804. The first kappa shape index (κ1) is 15.3. The average Bonchev–Trinajstić information content (AvgIpc) is 2.86. The van der Waals surface area contributed by atoms with Gasteiger partial charge in [-0.05, 0) is 32.2 Å². The van der Waals surface area contributed by atoms with Gasteiger partial charge in [-0.2, -0.15) is 0 Å². The molecule has 1 aliphatic heterocycles. The standard InChI is InChI=1S/C17H34N2/c1-3-5-6-9-13-19-15-17(11-7-8-12-17)18-14-16(19)10-4-2/h16,18H,3-15H2,1-2H3. The van der Waals surface area contributed by atoms with Gasteiger partial charge in [-0.1, -0.05) is 52.4 Å². The van der Waals surface area contributed by atoms with Gasteiger partial charge in [0.2, 0.25) is 0 Å². The second-order valence-corrected chi connectivity index (χ2v) is 6.84. The van der Waals surface area contributed by atoms with Gasteiger partial charge in [-0.15, -0.1) is 0 Å². The molecule has 1 aliphatic carbocycles. The van der Waals surface area contributed by atoms with E-state index in [-0.39, 0.29) is 0 Å². The van der Waals surface area contributed by atoms with Crippen molar-refractivity contribution in [1.82, 2.24) is 10.2 Å². The molecule has 2 fully saturated rings. The fourth-order valence-corrected chi connectivity index (χ4v) is 4.05. The van der Waals surface area contributed by atoms with E-state index in [4.69, 9.17) is 0 Å². The van der Waals surface area contributed by atoms with Crippen molar-refractivity contribution in [2.75, 3.05) is 19.6 Å². The summed E-state index contributed by atoms with van der Waals surface area (Å²) in [6.07, 6.45) is 14.0. The van der Waals surface area contributed by atoms with Crippen LogP contribution in [0.2, 0.25) is 0 Å². The Labute approximate surface area is 120 Å². The number of unbranched alkanes of at least 4 members (excludes halogenated alkanes) is 3. The maximum atomic E-state index is 3.92. The Hall–Kier alpha value is -0.0800. The minimum Gasteiger partial charge on any atom is -0.308 e. The lowest BCUT2D eigenvalue weighted by atomic mass is 9.91. The SMILES string of the molecule is CCCCCCN1CC2(CCCC2)NCC1CCC. The molecule has 1 saturated heterocycles. The summed E-state index contributed by atoms with van der Waals surface area (Å²) in [5.41, 5.74) is 0.495. The van der Waals surface area contributed by atoms with E-state index in [0.717, 1.165) is 6.04 Å². The molecule has 1 atom stereocenters. The highest BCUT2D eigenvalue weighted by molar-refractivity contribution is 5.00. The molecule has 1 heterocycles. The third-order valence-electron chi connectivity index (χ3n) is 5.22. The van der Waals surface area contributed by atoms with E-state index in [1.54, 1.807) is 0 Å². The number of hydrogen-bond donors (Lipinski definition) is 1. The zero-order chi connectivity index (χ0) is 13.6. The van der Waals surface area contributed by atoms with Crippen molar-refractivity contribution in [3.8, 4) is 0 Å². The molecule has 112 valence electrons. The van der Waals surface area contributed by atoms with Crippen LogP contribution in [-0.4, -0.2) is 36.1 Å². The van der Waals surface area contributed by atoms with Gasteiger partial charge in [0.15, 0.2) is 0 Å². The number of piperazine rings is 1. The molecule has 0 aromatic carbocycles. The van der Waals surface area contributed by atoms with Crippen LogP contribution in [0.15, 0.2) is 0 Å². The lowest BCUT2D eigenvalue weighted by Gasteiger charge is -2.46. The molecule has 1 saturated carbocycles. The van der Waals surface area contributed by atoms with Gasteiger partial charge >= 0.3 is 0 Å². The first-order valence-corrected chi connectivity index (χ1v) is 8.79. The van der Waals surface area contributed by atoms with E-state index in [0.29, 0.717) is 5.54 Å². The Morgan fingerprint density at radius 2 is 1.84 bits per heavy atom. The first-order chi connectivity index (χ1) is 9.29. The van der Waals surface area contributed by atoms with E-state index < -0.39 is 0 Å². The zero-order valence-corrected chi connectivity index (χ0v) is 13.2. The lowest BCUT2D eigenvalue weighted by Crippen LogP contribution is -2.63. The highest BCUT2D eigenvalue weighted by atomic mass is 15.3. The number of nitrogens with zero attached hydrogens (tertiary/aromatic N) is 1. The van der Waals surface area contributed by atoms with Crippen molar-refractivity contribution in [2.45, 2.75) is 89.6 Å². The van der Waals surface area contributed by atoms with Crippen molar-refractivity contribution in [2.24, 2.45) is 0 Å². The monoisotopic (exact) mass is 266 g/mol. The van der Waals surface area contributed by atoms with Gasteiger partial charge in [0, 0.05) is 24.7 Å². The Bertz CT molecular complexity index is 246.